The minimum Gasteiger partial charge on any atom is -0.374 e. The Bertz CT molecular complexity index is 422. The first-order chi connectivity index (χ1) is 8.52. The minimum atomic E-state index is 0.107. The predicted octanol–water partition coefficient (Wildman–Crippen LogP) is 2.21. The summed E-state index contributed by atoms with van der Waals surface area (Å²) in [5.74, 6) is 0.529. The van der Waals surface area contributed by atoms with Crippen molar-refractivity contribution in [2.45, 2.75) is 32.5 Å². The van der Waals surface area contributed by atoms with Crippen LogP contribution in [0.5, 0.6) is 0 Å². The Morgan fingerprint density at radius 2 is 2.22 bits per heavy atom. The standard InChI is InChI=1S/C12H19Cl2N3O/c1-8-7-18-10(4-13)5-17(8)6-11-12(14)9(2)15-16(11)3/h8,10H,4-7H2,1-3H3. The topological polar surface area (TPSA) is 30.3 Å². The van der Waals surface area contributed by atoms with Gasteiger partial charge in [-0.2, -0.15) is 5.10 Å². The molecule has 18 heavy (non-hydrogen) atoms. The fraction of sp³-hybridized carbons (Fsp3) is 0.750. The Hall–Kier alpha value is -0.290. The second kappa shape index (κ2) is 5.78. The zero-order chi connectivity index (χ0) is 13.3. The normalized spacial score (nSPS) is 25.6. The molecule has 4 nitrogen and oxygen atoms in total. The third kappa shape index (κ3) is 2.82. The summed E-state index contributed by atoms with van der Waals surface area (Å²) in [7, 11) is 1.93. The lowest BCUT2D eigenvalue weighted by Crippen LogP contribution is -2.48. The smallest absolute Gasteiger partial charge is 0.0860 e. The third-order valence-electron chi connectivity index (χ3n) is 3.42. The molecule has 0 N–H and O–H groups in total. The first kappa shape index (κ1) is 14.1. The van der Waals surface area contributed by atoms with Crippen molar-refractivity contribution < 1.29 is 4.74 Å². The Morgan fingerprint density at radius 1 is 1.50 bits per heavy atom. The van der Waals surface area contributed by atoms with Crippen molar-refractivity contribution >= 4 is 23.2 Å². The van der Waals surface area contributed by atoms with E-state index in [0.717, 1.165) is 29.5 Å². The highest BCUT2D eigenvalue weighted by Crippen LogP contribution is 2.23. The number of hydrogen-bond acceptors (Lipinski definition) is 3. The quantitative estimate of drug-likeness (QED) is 0.800. The highest BCUT2D eigenvalue weighted by Gasteiger charge is 2.27. The molecule has 1 fully saturated rings. The molecule has 0 amide bonds. The van der Waals surface area contributed by atoms with Crippen molar-refractivity contribution in [3.8, 4) is 0 Å². The van der Waals surface area contributed by atoms with E-state index >= 15 is 0 Å². The summed E-state index contributed by atoms with van der Waals surface area (Å²) in [5, 5.41) is 5.10. The van der Waals surface area contributed by atoms with Crippen LogP contribution in [0.1, 0.15) is 18.3 Å². The van der Waals surface area contributed by atoms with E-state index in [1.54, 1.807) is 0 Å². The van der Waals surface area contributed by atoms with Crippen LogP contribution < -0.4 is 0 Å². The Balaban J connectivity index is 2.11. The van der Waals surface area contributed by atoms with Crippen LogP contribution in [0.4, 0.5) is 0 Å². The van der Waals surface area contributed by atoms with Gasteiger partial charge in [0.1, 0.15) is 0 Å². The van der Waals surface area contributed by atoms with Gasteiger partial charge in [0.15, 0.2) is 0 Å². The molecule has 1 aliphatic rings. The van der Waals surface area contributed by atoms with Gasteiger partial charge in [-0.05, 0) is 13.8 Å². The van der Waals surface area contributed by atoms with Gasteiger partial charge >= 0.3 is 0 Å². The maximum atomic E-state index is 6.28. The van der Waals surface area contributed by atoms with E-state index in [1.165, 1.54) is 0 Å². The minimum absolute atomic E-state index is 0.107. The molecular weight excluding hydrogens is 273 g/mol. The summed E-state index contributed by atoms with van der Waals surface area (Å²) >= 11 is 12.2. The largest absolute Gasteiger partial charge is 0.374 e. The molecule has 0 aromatic carbocycles. The molecule has 0 saturated carbocycles. The van der Waals surface area contributed by atoms with Crippen LogP contribution in [0.3, 0.4) is 0 Å². The highest BCUT2D eigenvalue weighted by molar-refractivity contribution is 6.31. The maximum Gasteiger partial charge on any atom is 0.0860 e. The molecule has 0 bridgehead atoms. The van der Waals surface area contributed by atoms with E-state index < -0.39 is 0 Å². The molecule has 1 aliphatic heterocycles. The van der Waals surface area contributed by atoms with Crippen LogP contribution >= 0.6 is 23.2 Å². The van der Waals surface area contributed by atoms with Gasteiger partial charge in [-0.25, -0.2) is 0 Å². The van der Waals surface area contributed by atoms with Gasteiger partial charge in [0.05, 0.1) is 29.1 Å². The summed E-state index contributed by atoms with van der Waals surface area (Å²) in [4.78, 5) is 2.35. The van der Waals surface area contributed by atoms with Gasteiger partial charge in [0.2, 0.25) is 0 Å². The van der Waals surface area contributed by atoms with E-state index in [4.69, 9.17) is 27.9 Å². The second-order valence-electron chi connectivity index (χ2n) is 4.86. The number of rotatable bonds is 3. The number of aromatic nitrogens is 2. The Labute approximate surface area is 118 Å². The average Bonchev–Trinajstić information content (AvgIpc) is 2.58. The van der Waals surface area contributed by atoms with Crippen LogP contribution in [0, 0.1) is 6.92 Å². The number of aryl methyl sites for hydroxylation is 2. The molecule has 6 heteroatoms. The van der Waals surface area contributed by atoms with Crippen molar-refractivity contribution in [1.82, 2.24) is 14.7 Å². The third-order valence-corrected chi connectivity index (χ3v) is 4.26. The predicted molar refractivity (Wildman–Crippen MR) is 73.3 cm³/mol. The molecule has 2 unspecified atom stereocenters. The van der Waals surface area contributed by atoms with Gasteiger partial charge in [0, 0.05) is 32.1 Å². The van der Waals surface area contributed by atoms with Crippen LogP contribution in [0.15, 0.2) is 0 Å². The Kier molecular flexibility index (Phi) is 4.54. The molecule has 0 spiro atoms. The summed E-state index contributed by atoms with van der Waals surface area (Å²) in [6.45, 7) is 6.42. The fourth-order valence-electron chi connectivity index (χ4n) is 2.23. The van der Waals surface area contributed by atoms with E-state index in [0.29, 0.717) is 18.5 Å². The van der Waals surface area contributed by atoms with Crippen LogP contribution in [0.25, 0.3) is 0 Å². The van der Waals surface area contributed by atoms with Gasteiger partial charge < -0.3 is 4.74 Å². The number of morpholine rings is 1. The highest BCUT2D eigenvalue weighted by atomic mass is 35.5. The first-order valence-electron chi connectivity index (χ1n) is 6.12. The number of hydrogen-bond donors (Lipinski definition) is 0. The van der Waals surface area contributed by atoms with Gasteiger partial charge in [-0.3, -0.25) is 9.58 Å². The van der Waals surface area contributed by atoms with E-state index in [2.05, 4.69) is 16.9 Å². The van der Waals surface area contributed by atoms with E-state index in [9.17, 15) is 0 Å². The van der Waals surface area contributed by atoms with Crippen molar-refractivity contribution in [2.75, 3.05) is 19.0 Å². The van der Waals surface area contributed by atoms with Crippen molar-refractivity contribution in [3.05, 3.63) is 16.4 Å². The summed E-state index contributed by atoms with van der Waals surface area (Å²) in [6, 6.07) is 0.371. The van der Waals surface area contributed by atoms with Gasteiger partial charge in [-0.15, -0.1) is 11.6 Å². The molecular formula is C12H19Cl2N3O. The molecule has 0 radical (unpaired) electrons. The SMILES string of the molecule is Cc1nn(C)c(CN2CC(CCl)OCC2C)c1Cl. The molecule has 1 saturated heterocycles. The first-order valence-corrected chi connectivity index (χ1v) is 7.03. The second-order valence-corrected chi connectivity index (χ2v) is 5.54. The lowest BCUT2D eigenvalue weighted by molar-refractivity contribution is -0.0517. The average molecular weight is 292 g/mol. The maximum absolute atomic E-state index is 6.28. The molecule has 2 rings (SSSR count). The monoisotopic (exact) mass is 291 g/mol. The molecule has 2 atom stereocenters. The number of nitrogens with zero attached hydrogens (tertiary/aromatic N) is 3. The van der Waals surface area contributed by atoms with Crippen LogP contribution in [-0.2, 0) is 18.3 Å². The molecule has 1 aromatic rings. The summed E-state index contributed by atoms with van der Waals surface area (Å²) in [5.41, 5.74) is 1.93. The van der Waals surface area contributed by atoms with Crippen LogP contribution in [0.2, 0.25) is 5.02 Å². The summed E-state index contributed by atoms with van der Waals surface area (Å²) in [6.07, 6.45) is 0.107. The number of halogens is 2. The van der Waals surface area contributed by atoms with E-state index in [-0.39, 0.29) is 6.10 Å². The van der Waals surface area contributed by atoms with Crippen molar-refractivity contribution in [1.29, 1.82) is 0 Å². The molecule has 0 aliphatic carbocycles. The van der Waals surface area contributed by atoms with Crippen LogP contribution in [-0.4, -0.2) is 45.9 Å². The lowest BCUT2D eigenvalue weighted by atomic mass is 10.2. The fourth-order valence-corrected chi connectivity index (χ4v) is 2.64. The zero-order valence-electron chi connectivity index (χ0n) is 11.0. The molecule has 102 valence electrons. The number of ether oxygens (including phenoxy) is 1. The van der Waals surface area contributed by atoms with Crippen molar-refractivity contribution in [2.24, 2.45) is 7.05 Å². The molecule has 2 heterocycles. The van der Waals surface area contributed by atoms with E-state index in [1.807, 2.05) is 18.7 Å². The zero-order valence-corrected chi connectivity index (χ0v) is 12.5. The Morgan fingerprint density at radius 3 is 2.78 bits per heavy atom. The van der Waals surface area contributed by atoms with Gasteiger partial charge in [0.25, 0.3) is 0 Å². The van der Waals surface area contributed by atoms with Crippen molar-refractivity contribution in [3.63, 3.8) is 0 Å². The lowest BCUT2D eigenvalue weighted by Gasteiger charge is -2.37. The number of alkyl halides is 1. The molecule has 1 aromatic heterocycles. The summed E-state index contributed by atoms with van der Waals surface area (Å²) < 4.78 is 7.50. The van der Waals surface area contributed by atoms with Gasteiger partial charge in [-0.1, -0.05) is 11.6 Å².